The summed E-state index contributed by atoms with van der Waals surface area (Å²) in [5, 5.41) is 8.64. The van der Waals surface area contributed by atoms with Gasteiger partial charge in [-0.1, -0.05) is 6.08 Å². The third-order valence-electron chi connectivity index (χ3n) is 2.88. The number of carboxylic acid groups (broad SMARTS) is 1. The maximum absolute atomic E-state index is 12.1. The average molecular weight is 256 g/mol. The number of urea groups is 1. The first kappa shape index (κ1) is 14.5. The Bertz CT molecular complexity index is 313. The van der Waals surface area contributed by atoms with Crippen LogP contribution in [0.5, 0.6) is 0 Å². The van der Waals surface area contributed by atoms with Crippen LogP contribution < -0.4 is 0 Å². The monoisotopic (exact) mass is 256 g/mol. The molecule has 2 amide bonds. The van der Waals surface area contributed by atoms with E-state index in [9.17, 15) is 9.59 Å². The maximum atomic E-state index is 12.1. The lowest BCUT2D eigenvalue weighted by Crippen LogP contribution is -2.55. The summed E-state index contributed by atoms with van der Waals surface area (Å²) in [6, 6.07) is -0.0754. The lowest BCUT2D eigenvalue weighted by molar-refractivity contribution is -0.139. The van der Waals surface area contributed by atoms with Crippen molar-refractivity contribution in [3.05, 3.63) is 12.7 Å². The number of amides is 2. The molecule has 6 heteroatoms. The molecule has 0 saturated carbocycles. The SMILES string of the molecule is C=CCN(CCOC)C(=O)N1CC(CC(=O)O)C1. The molecule has 1 N–H and O–H groups in total. The number of methoxy groups -OCH3 is 1. The third kappa shape index (κ3) is 4.03. The zero-order valence-corrected chi connectivity index (χ0v) is 10.7. The molecule has 0 unspecified atom stereocenters. The van der Waals surface area contributed by atoms with Gasteiger partial charge in [-0.25, -0.2) is 4.79 Å². The molecule has 1 fully saturated rings. The first-order chi connectivity index (χ1) is 8.58. The Balaban J connectivity index is 2.38. The van der Waals surface area contributed by atoms with E-state index < -0.39 is 5.97 Å². The van der Waals surface area contributed by atoms with Crippen LogP contribution in [-0.2, 0) is 9.53 Å². The zero-order valence-electron chi connectivity index (χ0n) is 10.7. The fraction of sp³-hybridized carbons (Fsp3) is 0.667. The number of carboxylic acids is 1. The first-order valence-electron chi connectivity index (χ1n) is 5.94. The number of nitrogens with zero attached hydrogens (tertiary/aromatic N) is 2. The van der Waals surface area contributed by atoms with Crippen LogP contribution in [0.15, 0.2) is 12.7 Å². The lowest BCUT2D eigenvalue weighted by atomic mass is 9.97. The van der Waals surface area contributed by atoms with E-state index in [2.05, 4.69) is 6.58 Å². The van der Waals surface area contributed by atoms with Crippen molar-refractivity contribution in [1.82, 2.24) is 9.80 Å². The van der Waals surface area contributed by atoms with Crippen molar-refractivity contribution in [2.45, 2.75) is 6.42 Å². The summed E-state index contributed by atoms with van der Waals surface area (Å²) in [6.07, 6.45) is 1.80. The predicted molar refractivity (Wildman–Crippen MR) is 66.4 cm³/mol. The summed E-state index contributed by atoms with van der Waals surface area (Å²) in [6.45, 7) is 6.12. The Morgan fingerprint density at radius 3 is 2.72 bits per heavy atom. The van der Waals surface area contributed by atoms with E-state index in [1.807, 2.05) is 0 Å². The summed E-state index contributed by atoms with van der Waals surface area (Å²) < 4.78 is 4.95. The second kappa shape index (κ2) is 7.00. The average Bonchev–Trinajstić information content (AvgIpc) is 2.27. The van der Waals surface area contributed by atoms with Crippen LogP contribution in [0.1, 0.15) is 6.42 Å². The fourth-order valence-corrected chi connectivity index (χ4v) is 1.92. The molecule has 0 bridgehead atoms. The molecule has 1 aliphatic heterocycles. The summed E-state index contributed by atoms with van der Waals surface area (Å²) in [5.41, 5.74) is 0. The van der Waals surface area contributed by atoms with Crippen molar-refractivity contribution in [1.29, 1.82) is 0 Å². The smallest absolute Gasteiger partial charge is 0.320 e. The minimum Gasteiger partial charge on any atom is -0.481 e. The largest absolute Gasteiger partial charge is 0.481 e. The van der Waals surface area contributed by atoms with Crippen LogP contribution >= 0.6 is 0 Å². The van der Waals surface area contributed by atoms with Gasteiger partial charge < -0.3 is 19.6 Å². The predicted octanol–water partition coefficient (Wildman–Crippen LogP) is 0.647. The van der Waals surface area contributed by atoms with Crippen LogP contribution in [0.25, 0.3) is 0 Å². The highest BCUT2D eigenvalue weighted by atomic mass is 16.5. The number of aliphatic carboxylic acids is 1. The summed E-state index contributed by atoms with van der Waals surface area (Å²) in [4.78, 5) is 25.9. The van der Waals surface area contributed by atoms with Gasteiger partial charge in [-0.05, 0) is 0 Å². The Kier molecular flexibility index (Phi) is 5.64. The van der Waals surface area contributed by atoms with Gasteiger partial charge in [-0.3, -0.25) is 4.79 Å². The molecule has 0 spiro atoms. The minimum absolute atomic E-state index is 0.0754. The first-order valence-corrected chi connectivity index (χ1v) is 5.94. The molecule has 0 aliphatic carbocycles. The molecular formula is C12H20N2O4. The Morgan fingerprint density at radius 1 is 1.56 bits per heavy atom. The van der Waals surface area contributed by atoms with E-state index in [-0.39, 0.29) is 18.4 Å². The number of carbonyl (C=O) groups is 2. The molecule has 1 rings (SSSR count). The van der Waals surface area contributed by atoms with Gasteiger partial charge in [0.15, 0.2) is 0 Å². The quantitative estimate of drug-likeness (QED) is 0.679. The molecule has 6 nitrogen and oxygen atoms in total. The number of ether oxygens (including phenoxy) is 1. The Labute approximate surface area is 107 Å². The lowest BCUT2D eigenvalue weighted by Gasteiger charge is -2.41. The van der Waals surface area contributed by atoms with Crippen molar-refractivity contribution >= 4 is 12.0 Å². The van der Waals surface area contributed by atoms with Crippen molar-refractivity contribution in [2.24, 2.45) is 5.92 Å². The molecular weight excluding hydrogens is 236 g/mol. The van der Waals surface area contributed by atoms with E-state index in [1.54, 1.807) is 23.0 Å². The molecule has 0 radical (unpaired) electrons. The number of hydrogen-bond donors (Lipinski definition) is 1. The maximum Gasteiger partial charge on any atom is 0.320 e. The molecule has 18 heavy (non-hydrogen) atoms. The van der Waals surface area contributed by atoms with Crippen LogP contribution in [0, 0.1) is 5.92 Å². The van der Waals surface area contributed by atoms with Crippen molar-refractivity contribution < 1.29 is 19.4 Å². The van der Waals surface area contributed by atoms with E-state index in [0.29, 0.717) is 32.8 Å². The standard InChI is InChI=1S/C12H20N2O4/c1-3-4-13(5-6-18-2)12(17)14-8-10(9-14)7-11(15)16/h3,10H,1,4-9H2,2H3,(H,15,16). The minimum atomic E-state index is -0.811. The molecule has 1 heterocycles. The van der Waals surface area contributed by atoms with Gasteiger partial charge >= 0.3 is 12.0 Å². The number of carbonyl (C=O) groups excluding carboxylic acids is 1. The van der Waals surface area contributed by atoms with Crippen LogP contribution in [0.4, 0.5) is 4.79 Å². The van der Waals surface area contributed by atoms with Crippen molar-refractivity contribution in [3.8, 4) is 0 Å². The second-order valence-electron chi connectivity index (χ2n) is 4.38. The third-order valence-corrected chi connectivity index (χ3v) is 2.88. The zero-order chi connectivity index (χ0) is 13.5. The van der Waals surface area contributed by atoms with Gasteiger partial charge in [-0.2, -0.15) is 0 Å². The van der Waals surface area contributed by atoms with Gasteiger partial charge in [0.1, 0.15) is 0 Å². The molecule has 102 valence electrons. The Hall–Kier alpha value is -1.56. The fourth-order valence-electron chi connectivity index (χ4n) is 1.92. The molecule has 0 aromatic rings. The van der Waals surface area contributed by atoms with Gasteiger partial charge in [0.25, 0.3) is 0 Å². The van der Waals surface area contributed by atoms with Crippen molar-refractivity contribution in [2.75, 3.05) is 39.9 Å². The molecule has 0 atom stereocenters. The summed E-state index contributed by atoms with van der Waals surface area (Å²) in [7, 11) is 1.59. The summed E-state index contributed by atoms with van der Waals surface area (Å²) >= 11 is 0. The van der Waals surface area contributed by atoms with Gasteiger partial charge in [0.05, 0.1) is 13.0 Å². The normalized spacial score (nSPS) is 15.1. The topological polar surface area (TPSA) is 70.1 Å². The number of hydrogen-bond acceptors (Lipinski definition) is 3. The number of likely N-dealkylation sites (tertiary alicyclic amines) is 1. The highest BCUT2D eigenvalue weighted by Crippen LogP contribution is 2.20. The second-order valence-corrected chi connectivity index (χ2v) is 4.38. The highest BCUT2D eigenvalue weighted by molar-refractivity contribution is 5.76. The van der Waals surface area contributed by atoms with E-state index in [4.69, 9.17) is 9.84 Å². The van der Waals surface area contributed by atoms with E-state index in [0.717, 1.165) is 0 Å². The molecule has 0 aromatic carbocycles. The van der Waals surface area contributed by atoms with Crippen LogP contribution in [-0.4, -0.2) is 66.8 Å². The van der Waals surface area contributed by atoms with E-state index in [1.165, 1.54) is 0 Å². The number of rotatable bonds is 7. The molecule has 1 saturated heterocycles. The van der Waals surface area contributed by atoms with Crippen LogP contribution in [0.2, 0.25) is 0 Å². The van der Waals surface area contributed by atoms with E-state index >= 15 is 0 Å². The molecule has 1 aliphatic rings. The summed E-state index contributed by atoms with van der Waals surface area (Å²) in [5.74, 6) is -0.728. The van der Waals surface area contributed by atoms with Gasteiger partial charge in [0, 0.05) is 39.2 Å². The molecule has 0 aromatic heterocycles. The Morgan fingerprint density at radius 2 is 2.22 bits per heavy atom. The van der Waals surface area contributed by atoms with Crippen LogP contribution in [0.3, 0.4) is 0 Å². The highest BCUT2D eigenvalue weighted by Gasteiger charge is 2.33. The van der Waals surface area contributed by atoms with Gasteiger partial charge in [-0.15, -0.1) is 6.58 Å². The van der Waals surface area contributed by atoms with Crippen molar-refractivity contribution in [3.63, 3.8) is 0 Å². The van der Waals surface area contributed by atoms with Gasteiger partial charge in [0.2, 0.25) is 0 Å².